The summed E-state index contributed by atoms with van der Waals surface area (Å²) in [6, 6.07) is 3.81. The van der Waals surface area contributed by atoms with Crippen molar-refractivity contribution in [3.63, 3.8) is 0 Å². The first kappa shape index (κ1) is 19.1. The van der Waals surface area contributed by atoms with Crippen molar-refractivity contribution in [1.29, 1.82) is 0 Å². The lowest BCUT2D eigenvalue weighted by molar-refractivity contribution is -0.141. The molecule has 1 fully saturated rings. The number of amides is 3. The molecule has 2 N–H and O–H groups in total. The fourth-order valence-electron chi connectivity index (χ4n) is 3.70. The summed E-state index contributed by atoms with van der Waals surface area (Å²) in [5.74, 6) is -2.84. The lowest BCUT2D eigenvalue weighted by atomic mass is 9.94. The number of aliphatic carboxylic acids is 1. The van der Waals surface area contributed by atoms with Gasteiger partial charge in [-0.1, -0.05) is 19.3 Å². The van der Waals surface area contributed by atoms with Gasteiger partial charge in [0.15, 0.2) is 0 Å². The molecule has 2 atom stereocenters. The van der Waals surface area contributed by atoms with Crippen molar-refractivity contribution in [2.75, 3.05) is 0 Å². The second kappa shape index (κ2) is 7.50. The summed E-state index contributed by atoms with van der Waals surface area (Å²) in [6.07, 6.45) is 4.78. The minimum atomic E-state index is -0.999. The number of hydrogen-bond donors (Lipinski definition) is 2. The fourth-order valence-corrected chi connectivity index (χ4v) is 3.70. The van der Waals surface area contributed by atoms with Crippen molar-refractivity contribution in [1.82, 2.24) is 10.2 Å². The van der Waals surface area contributed by atoms with Gasteiger partial charge in [-0.15, -0.1) is 0 Å². The Morgan fingerprint density at radius 1 is 1.07 bits per heavy atom. The van der Waals surface area contributed by atoms with Crippen LogP contribution < -0.4 is 5.32 Å². The standard InChI is InChI=1S/C20H24N2O5/c1-11(20(26)27)12(2)21-17(23)13-8-9-15-16(10-13)19(25)22(18(15)24)14-6-4-3-5-7-14/h8-12,14H,3-7H2,1-2H3,(H,21,23)(H,26,27). The minimum Gasteiger partial charge on any atom is -0.481 e. The van der Waals surface area contributed by atoms with Gasteiger partial charge in [0, 0.05) is 17.6 Å². The summed E-state index contributed by atoms with van der Waals surface area (Å²) in [6.45, 7) is 3.13. The maximum Gasteiger partial charge on any atom is 0.308 e. The van der Waals surface area contributed by atoms with E-state index >= 15 is 0 Å². The molecular formula is C20H24N2O5. The lowest BCUT2D eigenvalue weighted by Gasteiger charge is -2.29. The number of carboxylic acids is 1. The molecule has 27 heavy (non-hydrogen) atoms. The molecule has 1 aromatic rings. The van der Waals surface area contributed by atoms with Crippen LogP contribution in [0.5, 0.6) is 0 Å². The highest BCUT2D eigenvalue weighted by molar-refractivity contribution is 6.22. The summed E-state index contributed by atoms with van der Waals surface area (Å²) in [7, 11) is 0. The molecule has 1 saturated carbocycles. The van der Waals surface area contributed by atoms with Gasteiger partial charge in [-0.25, -0.2) is 0 Å². The zero-order chi connectivity index (χ0) is 19.7. The summed E-state index contributed by atoms with van der Waals surface area (Å²) in [5, 5.41) is 11.7. The van der Waals surface area contributed by atoms with Gasteiger partial charge in [0.05, 0.1) is 17.0 Å². The van der Waals surface area contributed by atoms with Crippen molar-refractivity contribution in [3.8, 4) is 0 Å². The quantitative estimate of drug-likeness (QED) is 0.773. The van der Waals surface area contributed by atoms with Gasteiger partial charge in [0.1, 0.15) is 0 Å². The zero-order valence-corrected chi connectivity index (χ0v) is 15.5. The molecule has 1 heterocycles. The monoisotopic (exact) mass is 372 g/mol. The van der Waals surface area contributed by atoms with E-state index in [0.29, 0.717) is 5.56 Å². The second-order valence-electron chi connectivity index (χ2n) is 7.42. The van der Waals surface area contributed by atoms with Crippen LogP contribution in [0.2, 0.25) is 0 Å². The van der Waals surface area contributed by atoms with E-state index in [4.69, 9.17) is 5.11 Å². The Hall–Kier alpha value is -2.70. The number of rotatable bonds is 5. The molecule has 3 rings (SSSR count). The third-order valence-corrected chi connectivity index (χ3v) is 5.62. The van der Waals surface area contributed by atoms with Crippen LogP contribution in [0.1, 0.15) is 77.0 Å². The first-order valence-electron chi connectivity index (χ1n) is 9.37. The average molecular weight is 372 g/mol. The second-order valence-corrected chi connectivity index (χ2v) is 7.42. The number of hydrogen-bond acceptors (Lipinski definition) is 4. The topological polar surface area (TPSA) is 104 Å². The first-order valence-corrected chi connectivity index (χ1v) is 9.37. The molecular weight excluding hydrogens is 348 g/mol. The van der Waals surface area contributed by atoms with E-state index in [0.717, 1.165) is 32.1 Å². The van der Waals surface area contributed by atoms with E-state index in [9.17, 15) is 19.2 Å². The molecule has 0 spiro atoms. The van der Waals surface area contributed by atoms with Crippen molar-refractivity contribution in [2.24, 2.45) is 5.92 Å². The molecule has 144 valence electrons. The zero-order valence-electron chi connectivity index (χ0n) is 15.5. The van der Waals surface area contributed by atoms with Gasteiger partial charge in [-0.2, -0.15) is 0 Å². The Morgan fingerprint density at radius 2 is 1.70 bits per heavy atom. The molecule has 1 aliphatic carbocycles. The smallest absolute Gasteiger partial charge is 0.308 e. The van der Waals surface area contributed by atoms with Crippen LogP contribution in [-0.2, 0) is 4.79 Å². The molecule has 0 radical (unpaired) electrons. The Morgan fingerprint density at radius 3 is 2.33 bits per heavy atom. The number of imide groups is 1. The highest BCUT2D eigenvalue weighted by Crippen LogP contribution is 2.31. The third-order valence-electron chi connectivity index (χ3n) is 5.62. The van der Waals surface area contributed by atoms with Crippen molar-refractivity contribution in [3.05, 3.63) is 34.9 Å². The Bertz CT molecular complexity index is 798. The molecule has 0 bridgehead atoms. The molecule has 7 heteroatoms. The average Bonchev–Trinajstić information content (AvgIpc) is 2.91. The number of nitrogens with one attached hydrogen (secondary N) is 1. The van der Waals surface area contributed by atoms with E-state index < -0.39 is 23.8 Å². The number of carboxylic acid groups (broad SMARTS) is 1. The third kappa shape index (κ3) is 3.59. The molecule has 3 amide bonds. The minimum absolute atomic E-state index is 0.0696. The fraction of sp³-hybridized carbons (Fsp3) is 0.500. The summed E-state index contributed by atoms with van der Waals surface area (Å²) in [5.41, 5.74) is 0.816. The number of carbonyl (C=O) groups excluding carboxylic acids is 3. The van der Waals surface area contributed by atoms with Crippen LogP contribution in [-0.4, -0.2) is 45.8 Å². The van der Waals surface area contributed by atoms with Crippen LogP contribution in [0.4, 0.5) is 0 Å². The van der Waals surface area contributed by atoms with E-state index in [1.165, 1.54) is 30.0 Å². The summed E-state index contributed by atoms with van der Waals surface area (Å²) >= 11 is 0. The van der Waals surface area contributed by atoms with Gasteiger partial charge in [0.2, 0.25) is 0 Å². The maximum atomic E-state index is 12.8. The number of carbonyl (C=O) groups is 4. The highest BCUT2D eigenvalue weighted by Gasteiger charge is 2.40. The van der Waals surface area contributed by atoms with Crippen LogP contribution in [0.15, 0.2) is 18.2 Å². The molecule has 7 nitrogen and oxygen atoms in total. The van der Waals surface area contributed by atoms with Gasteiger partial charge in [-0.3, -0.25) is 24.1 Å². The number of fused-ring (bicyclic) bond motifs is 1. The lowest BCUT2D eigenvalue weighted by Crippen LogP contribution is -2.41. The van der Waals surface area contributed by atoms with Crippen LogP contribution >= 0.6 is 0 Å². The van der Waals surface area contributed by atoms with Gasteiger partial charge >= 0.3 is 5.97 Å². The van der Waals surface area contributed by atoms with E-state index in [1.54, 1.807) is 6.92 Å². The molecule has 1 aliphatic heterocycles. The van der Waals surface area contributed by atoms with E-state index in [1.807, 2.05) is 0 Å². The van der Waals surface area contributed by atoms with Crippen molar-refractivity contribution < 1.29 is 24.3 Å². The largest absolute Gasteiger partial charge is 0.481 e. The first-order chi connectivity index (χ1) is 12.8. The highest BCUT2D eigenvalue weighted by atomic mass is 16.4. The van der Waals surface area contributed by atoms with Gasteiger partial charge < -0.3 is 10.4 Å². The molecule has 2 unspecified atom stereocenters. The van der Waals surface area contributed by atoms with Crippen molar-refractivity contribution >= 4 is 23.7 Å². The predicted molar refractivity (Wildman–Crippen MR) is 97.5 cm³/mol. The summed E-state index contributed by atoms with van der Waals surface area (Å²) in [4.78, 5) is 50.3. The van der Waals surface area contributed by atoms with Gasteiger partial charge in [0.25, 0.3) is 17.7 Å². The van der Waals surface area contributed by atoms with Crippen molar-refractivity contribution in [2.45, 2.75) is 58.0 Å². The van der Waals surface area contributed by atoms with Gasteiger partial charge in [-0.05, 0) is 44.9 Å². The Kier molecular flexibility index (Phi) is 5.30. The van der Waals surface area contributed by atoms with Crippen LogP contribution in [0, 0.1) is 5.92 Å². The molecule has 1 aromatic carbocycles. The van der Waals surface area contributed by atoms with E-state index in [-0.39, 0.29) is 29.0 Å². The van der Waals surface area contributed by atoms with Crippen LogP contribution in [0.3, 0.4) is 0 Å². The van der Waals surface area contributed by atoms with E-state index in [2.05, 4.69) is 5.32 Å². The Balaban J connectivity index is 1.79. The number of benzene rings is 1. The normalized spacial score (nSPS) is 19.6. The maximum absolute atomic E-state index is 12.8. The predicted octanol–water partition coefficient (Wildman–Crippen LogP) is 2.45. The summed E-state index contributed by atoms with van der Waals surface area (Å²) < 4.78 is 0. The molecule has 0 aromatic heterocycles. The molecule has 0 saturated heterocycles. The SMILES string of the molecule is CC(NC(=O)c1ccc2c(c1)C(=O)N(C1CCCCC1)C2=O)C(C)C(=O)O. The van der Waals surface area contributed by atoms with Crippen LogP contribution in [0.25, 0.3) is 0 Å². The Labute approximate surface area is 157 Å². The molecule has 2 aliphatic rings. The number of nitrogens with zero attached hydrogens (tertiary/aromatic N) is 1.